The third-order valence-electron chi connectivity index (χ3n) is 4.90. The standard InChI is InChI=1S/C22H29N3O2/c1-17(2)15-20(25-11-13-27-14-12-25)16-24-21(26)9-8-19-6-3-5-18-7-4-10-23-22(18)19/h3-10,17,20H,11-16H2,1-2H3,(H,24,26)/b9-8+. The number of ether oxygens (including phenoxy) is 1. The molecular formula is C22H29N3O2. The van der Waals surface area contributed by atoms with Gasteiger partial charge in [-0.15, -0.1) is 0 Å². The molecule has 0 bridgehead atoms. The largest absolute Gasteiger partial charge is 0.379 e. The van der Waals surface area contributed by atoms with E-state index in [9.17, 15) is 4.79 Å². The summed E-state index contributed by atoms with van der Waals surface area (Å²) in [6.07, 6.45) is 6.29. The van der Waals surface area contributed by atoms with Crippen LogP contribution < -0.4 is 5.32 Å². The van der Waals surface area contributed by atoms with Crippen molar-refractivity contribution >= 4 is 22.9 Å². The maximum Gasteiger partial charge on any atom is 0.244 e. The highest BCUT2D eigenvalue weighted by atomic mass is 16.5. The summed E-state index contributed by atoms with van der Waals surface area (Å²) in [6, 6.07) is 10.3. The average molecular weight is 367 g/mol. The van der Waals surface area contributed by atoms with Gasteiger partial charge in [0.1, 0.15) is 0 Å². The van der Waals surface area contributed by atoms with Crippen LogP contribution in [0.15, 0.2) is 42.6 Å². The molecule has 1 atom stereocenters. The number of carbonyl (C=O) groups excluding carboxylic acids is 1. The summed E-state index contributed by atoms with van der Waals surface area (Å²) in [4.78, 5) is 19.2. The third-order valence-corrected chi connectivity index (χ3v) is 4.90. The predicted octanol–water partition coefficient (Wildman–Crippen LogP) is 3.11. The van der Waals surface area contributed by atoms with Crippen LogP contribution in [0.25, 0.3) is 17.0 Å². The summed E-state index contributed by atoms with van der Waals surface area (Å²) in [5, 5.41) is 4.15. The van der Waals surface area contributed by atoms with Gasteiger partial charge in [-0.3, -0.25) is 14.7 Å². The van der Waals surface area contributed by atoms with Gasteiger partial charge in [-0.2, -0.15) is 0 Å². The Morgan fingerprint density at radius 1 is 1.26 bits per heavy atom. The van der Waals surface area contributed by atoms with Gasteiger partial charge in [0.2, 0.25) is 5.91 Å². The number of morpholine rings is 1. The SMILES string of the molecule is CC(C)CC(CNC(=O)/C=C/c1cccc2cccnc12)N1CCOCC1. The minimum atomic E-state index is -0.0649. The maximum atomic E-state index is 12.4. The number of amides is 1. The van der Waals surface area contributed by atoms with Crippen LogP contribution in [0.4, 0.5) is 0 Å². The van der Waals surface area contributed by atoms with E-state index >= 15 is 0 Å². The molecule has 1 N–H and O–H groups in total. The molecule has 144 valence electrons. The van der Waals surface area contributed by atoms with E-state index in [1.807, 2.05) is 36.4 Å². The fraction of sp³-hybridized carbons (Fsp3) is 0.455. The number of pyridine rings is 1. The Bertz CT molecular complexity index is 777. The first kappa shape index (κ1) is 19.5. The molecule has 1 aromatic heterocycles. The zero-order valence-corrected chi connectivity index (χ0v) is 16.2. The molecule has 1 unspecified atom stereocenters. The average Bonchev–Trinajstić information content (AvgIpc) is 2.70. The molecule has 27 heavy (non-hydrogen) atoms. The summed E-state index contributed by atoms with van der Waals surface area (Å²) >= 11 is 0. The van der Waals surface area contributed by atoms with Gasteiger partial charge in [-0.1, -0.05) is 38.1 Å². The number of rotatable bonds is 7. The molecule has 1 aromatic carbocycles. The number of fused-ring (bicyclic) bond motifs is 1. The number of para-hydroxylation sites is 1. The Balaban J connectivity index is 1.60. The lowest BCUT2D eigenvalue weighted by atomic mass is 10.0. The molecule has 2 aromatic rings. The van der Waals surface area contributed by atoms with E-state index in [-0.39, 0.29) is 5.91 Å². The number of hydrogen-bond acceptors (Lipinski definition) is 4. The number of nitrogens with one attached hydrogen (secondary N) is 1. The molecule has 1 aliphatic heterocycles. The van der Waals surface area contributed by atoms with Crippen molar-refractivity contribution < 1.29 is 9.53 Å². The molecular weight excluding hydrogens is 338 g/mol. The number of carbonyl (C=O) groups is 1. The van der Waals surface area contributed by atoms with E-state index in [1.165, 1.54) is 0 Å². The first-order valence-corrected chi connectivity index (χ1v) is 9.75. The monoisotopic (exact) mass is 367 g/mol. The molecule has 0 radical (unpaired) electrons. The highest BCUT2D eigenvalue weighted by Gasteiger charge is 2.22. The van der Waals surface area contributed by atoms with Crippen LogP contribution in [-0.4, -0.2) is 54.7 Å². The van der Waals surface area contributed by atoms with Crippen molar-refractivity contribution in [2.45, 2.75) is 26.3 Å². The fourth-order valence-corrected chi connectivity index (χ4v) is 3.55. The van der Waals surface area contributed by atoms with E-state index in [0.29, 0.717) is 18.5 Å². The highest BCUT2D eigenvalue weighted by Crippen LogP contribution is 2.17. The third kappa shape index (κ3) is 5.62. The molecule has 5 nitrogen and oxygen atoms in total. The van der Waals surface area contributed by atoms with Gasteiger partial charge >= 0.3 is 0 Å². The fourth-order valence-electron chi connectivity index (χ4n) is 3.55. The summed E-state index contributed by atoms with van der Waals surface area (Å²) < 4.78 is 5.46. The zero-order chi connectivity index (χ0) is 19.1. The van der Waals surface area contributed by atoms with Crippen molar-refractivity contribution in [3.05, 3.63) is 48.2 Å². The van der Waals surface area contributed by atoms with Crippen LogP contribution in [-0.2, 0) is 9.53 Å². The first-order valence-electron chi connectivity index (χ1n) is 9.75. The van der Waals surface area contributed by atoms with Crippen LogP contribution in [0.2, 0.25) is 0 Å². The summed E-state index contributed by atoms with van der Waals surface area (Å²) in [5.41, 5.74) is 1.87. The second-order valence-electron chi connectivity index (χ2n) is 7.43. The van der Waals surface area contributed by atoms with Gasteiger partial charge < -0.3 is 10.1 Å². The predicted molar refractivity (Wildman–Crippen MR) is 109 cm³/mol. The number of nitrogens with zero attached hydrogens (tertiary/aromatic N) is 2. The van der Waals surface area contributed by atoms with E-state index < -0.39 is 0 Å². The van der Waals surface area contributed by atoms with Gasteiger partial charge in [0.25, 0.3) is 0 Å². The second-order valence-corrected chi connectivity index (χ2v) is 7.43. The van der Waals surface area contributed by atoms with Crippen molar-refractivity contribution in [1.82, 2.24) is 15.2 Å². The minimum absolute atomic E-state index is 0.0649. The van der Waals surface area contributed by atoms with Crippen LogP contribution in [0.3, 0.4) is 0 Å². The molecule has 1 amide bonds. The van der Waals surface area contributed by atoms with Gasteiger partial charge in [0.15, 0.2) is 0 Å². The quantitative estimate of drug-likeness (QED) is 0.764. The summed E-state index contributed by atoms with van der Waals surface area (Å²) in [5.74, 6) is 0.525. The normalized spacial score (nSPS) is 16.9. The molecule has 3 rings (SSSR count). The Morgan fingerprint density at radius 2 is 2.04 bits per heavy atom. The van der Waals surface area contributed by atoms with Crippen molar-refractivity contribution in [2.24, 2.45) is 5.92 Å². The number of aromatic nitrogens is 1. The van der Waals surface area contributed by atoms with E-state index in [0.717, 1.165) is 49.2 Å². The molecule has 1 fully saturated rings. The van der Waals surface area contributed by atoms with Crippen LogP contribution >= 0.6 is 0 Å². The Kier molecular flexibility index (Phi) is 6.96. The number of hydrogen-bond donors (Lipinski definition) is 1. The van der Waals surface area contributed by atoms with E-state index in [1.54, 1.807) is 12.3 Å². The molecule has 2 heterocycles. The number of benzene rings is 1. The van der Waals surface area contributed by atoms with Crippen LogP contribution in [0.5, 0.6) is 0 Å². The van der Waals surface area contributed by atoms with Crippen LogP contribution in [0, 0.1) is 5.92 Å². The molecule has 0 aliphatic carbocycles. The topological polar surface area (TPSA) is 54.5 Å². The maximum absolute atomic E-state index is 12.4. The Morgan fingerprint density at radius 3 is 2.81 bits per heavy atom. The van der Waals surface area contributed by atoms with Crippen LogP contribution in [0.1, 0.15) is 25.8 Å². The van der Waals surface area contributed by atoms with Crippen molar-refractivity contribution in [2.75, 3.05) is 32.8 Å². The van der Waals surface area contributed by atoms with Crippen molar-refractivity contribution in [3.63, 3.8) is 0 Å². The van der Waals surface area contributed by atoms with E-state index in [4.69, 9.17) is 4.74 Å². The van der Waals surface area contributed by atoms with Gasteiger partial charge in [-0.25, -0.2) is 0 Å². The lowest BCUT2D eigenvalue weighted by Gasteiger charge is -2.35. The van der Waals surface area contributed by atoms with Crippen molar-refractivity contribution in [1.29, 1.82) is 0 Å². The Labute approximate surface area is 161 Å². The molecule has 1 saturated heterocycles. The van der Waals surface area contributed by atoms with Crippen molar-refractivity contribution in [3.8, 4) is 0 Å². The minimum Gasteiger partial charge on any atom is -0.379 e. The highest BCUT2D eigenvalue weighted by molar-refractivity contribution is 5.95. The zero-order valence-electron chi connectivity index (χ0n) is 16.2. The first-order chi connectivity index (χ1) is 13.1. The smallest absolute Gasteiger partial charge is 0.244 e. The van der Waals surface area contributed by atoms with Gasteiger partial charge in [-0.05, 0) is 24.5 Å². The van der Waals surface area contributed by atoms with E-state index in [2.05, 4.69) is 29.0 Å². The van der Waals surface area contributed by atoms with Gasteiger partial charge in [0, 0.05) is 48.9 Å². The van der Waals surface area contributed by atoms with Gasteiger partial charge in [0.05, 0.1) is 18.7 Å². The Hall–Kier alpha value is -2.24. The lowest BCUT2D eigenvalue weighted by molar-refractivity contribution is -0.116. The molecule has 5 heteroatoms. The summed E-state index contributed by atoms with van der Waals surface area (Å²) in [6.45, 7) is 8.53. The second kappa shape index (κ2) is 9.62. The molecule has 0 saturated carbocycles. The molecule has 0 spiro atoms. The molecule has 1 aliphatic rings. The summed E-state index contributed by atoms with van der Waals surface area (Å²) in [7, 11) is 0. The lowest BCUT2D eigenvalue weighted by Crippen LogP contribution is -2.49.